The van der Waals surface area contributed by atoms with Gasteiger partial charge in [-0.25, -0.2) is 4.79 Å². The molecule has 0 heterocycles. The van der Waals surface area contributed by atoms with Gasteiger partial charge in [0.15, 0.2) is 0 Å². The molecule has 158 valence electrons. The standard InChI is InChI=1S/C22H38N4O2/c1-8-16(5)26(21(27)17(9-2)10-3)15-18-14-19(24-22(28)23-11-4)12-13-20(18)25(6)7/h12-14,16-17H,8-11,15H2,1-7H3,(H2,23,24,28). The van der Waals surface area contributed by atoms with Crippen LogP contribution in [0, 0.1) is 5.92 Å². The number of urea groups is 1. The number of benzene rings is 1. The Labute approximate surface area is 170 Å². The van der Waals surface area contributed by atoms with Crippen LogP contribution >= 0.6 is 0 Å². The van der Waals surface area contributed by atoms with E-state index in [-0.39, 0.29) is 23.9 Å². The zero-order valence-electron chi connectivity index (χ0n) is 18.6. The molecular formula is C22H38N4O2. The quantitative estimate of drug-likeness (QED) is 0.620. The number of anilines is 2. The molecule has 0 bridgehead atoms. The Morgan fingerprint density at radius 3 is 2.18 bits per heavy atom. The third kappa shape index (κ3) is 6.43. The summed E-state index contributed by atoms with van der Waals surface area (Å²) in [5.74, 6) is 0.264. The Morgan fingerprint density at radius 1 is 1.04 bits per heavy atom. The van der Waals surface area contributed by atoms with Crippen molar-refractivity contribution in [2.75, 3.05) is 30.9 Å². The van der Waals surface area contributed by atoms with Gasteiger partial charge in [-0.2, -0.15) is 0 Å². The molecule has 2 N–H and O–H groups in total. The van der Waals surface area contributed by atoms with E-state index in [2.05, 4.69) is 38.3 Å². The van der Waals surface area contributed by atoms with Gasteiger partial charge in [-0.15, -0.1) is 0 Å². The van der Waals surface area contributed by atoms with E-state index in [1.807, 2.05) is 49.0 Å². The van der Waals surface area contributed by atoms with Crippen molar-refractivity contribution in [1.82, 2.24) is 10.2 Å². The van der Waals surface area contributed by atoms with Crippen molar-refractivity contribution in [3.63, 3.8) is 0 Å². The predicted octanol–water partition coefficient (Wildman–Crippen LogP) is 4.46. The molecule has 0 aromatic heterocycles. The van der Waals surface area contributed by atoms with E-state index in [4.69, 9.17) is 0 Å². The van der Waals surface area contributed by atoms with Crippen LogP contribution in [0.2, 0.25) is 0 Å². The molecule has 1 unspecified atom stereocenters. The van der Waals surface area contributed by atoms with Crippen molar-refractivity contribution >= 4 is 23.3 Å². The number of carbonyl (C=O) groups excluding carboxylic acids is 2. The summed E-state index contributed by atoms with van der Waals surface area (Å²) in [6.45, 7) is 11.3. The van der Waals surface area contributed by atoms with Gasteiger partial charge in [-0.3, -0.25) is 4.79 Å². The van der Waals surface area contributed by atoms with Crippen LogP contribution in [-0.2, 0) is 11.3 Å². The molecule has 0 aliphatic rings. The van der Waals surface area contributed by atoms with E-state index in [1.165, 1.54) is 0 Å². The van der Waals surface area contributed by atoms with E-state index in [9.17, 15) is 9.59 Å². The van der Waals surface area contributed by atoms with Gasteiger partial charge in [-0.1, -0.05) is 20.8 Å². The minimum atomic E-state index is -0.224. The summed E-state index contributed by atoms with van der Waals surface area (Å²) in [4.78, 5) is 29.1. The maximum Gasteiger partial charge on any atom is 0.319 e. The van der Waals surface area contributed by atoms with Gasteiger partial charge in [0.05, 0.1) is 0 Å². The normalized spacial score (nSPS) is 11.9. The van der Waals surface area contributed by atoms with Crippen molar-refractivity contribution in [1.29, 1.82) is 0 Å². The van der Waals surface area contributed by atoms with Gasteiger partial charge in [0.25, 0.3) is 0 Å². The highest BCUT2D eigenvalue weighted by molar-refractivity contribution is 5.89. The molecule has 1 aromatic rings. The summed E-state index contributed by atoms with van der Waals surface area (Å²) in [5.41, 5.74) is 2.80. The molecular weight excluding hydrogens is 352 g/mol. The molecule has 3 amide bonds. The second kappa shape index (κ2) is 11.6. The lowest BCUT2D eigenvalue weighted by atomic mass is 9.99. The molecule has 1 rings (SSSR count). The van der Waals surface area contributed by atoms with Crippen molar-refractivity contribution in [3.05, 3.63) is 23.8 Å². The Hall–Kier alpha value is -2.24. The Kier molecular flexibility index (Phi) is 9.83. The average Bonchev–Trinajstić information content (AvgIpc) is 2.66. The van der Waals surface area contributed by atoms with Gasteiger partial charge >= 0.3 is 6.03 Å². The zero-order valence-corrected chi connectivity index (χ0v) is 18.6. The molecule has 0 saturated carbocycles. The smallest absolute Gasteiger partial charge is 0.319 e. The average molecular weight is 391 g/mol. The number of hydrogen-bond donors (Lipinski definition) is 2. The molecule has 0 radical (unpaired) electrons. The maximum absolute atomic E-state index is 13.2. The Bertz CT molecular complexity index is 641. The molecule has 0 aliphatic carbocycles. The SMILES string of the molecule is CCNC(=O)Nc1ccc(N(C)C)c(CN(C(=O)C(CC)CC)C(C)CC)c1. The van der Waals surface area contributed by atoms with Crippen LogP contribution in [0.1, 0.15) is 59.4 Å². The summed E-state index contributed by atoms with van der Waals surface area (Å²) in [5, 5.41) is 5.61. The highest BCUT2D eigenvalue weighted by atomic mass is 16.2. The molecule has 28 heavy (non-hydrogen) atoms. The molecule has 0 saturated heterocycles. The van der Waals surface area contributed by atoms with Crippen molar-refractivity contribution in [2.24, 2.45) is 5.92 Å². The second-order valence-electron chi connectivity index (χ2n) is 7.46. The maximum atomic E-state index is 13.2. The van der Waals surface area contributed by atoms with E-state index in [0.29, 0.717) is 13.1 Å². The zero-order chi connectivity index (χ0) is 21.3. The van der Waals surface area contributed by atoms with E-state index in [1.54, 1.807) is 0 Å². The number of hydrogen-bond acceptors (Lipinski definition) is 3. The summed E-state index contributed by atoms with van der Waals surface area (Å²) >= 11 is 0. The highest BCUT2D eigenvalue weighted by Gasteiger charge is 2.26. The number of amides is 3. The molecule has 0 spiro atoms. The van der Waals surface area contributed by atoms with Crippen LogP contribution in [-0.4, -0.2) is 43.5 Å². The van der Waals surface area contributed by atoms with Crippen LogP contribution in [0.25, 0.3) is 0 Å². The highest BCUT2D eigenvalue weighted by Crippen LogP contribution is 2.27. The first-order chi connectivity index (χ1) is 13.3. The fraction of sp³-hybridized carbons (Fsp3) is 0.636. The lowest BCUT2D eigenvalue weighted by Crippen LogP contribution is -2.41. The molecule has 1 atom stereocenters. The van der Waals surface area contributed by atoms with Crippen LogP contribution in [0.4, 0.5) is 16.2 Å². The summed E-state index contributed by atoms with van der Waals surface area (Å²) in [7, 11) is 3.98. The van der Waals surface area contributed by atoms with Crippen LogP contribution < -0.4 is 15.5 Å². The van der Waals surface area contributed by atoms with Crippen LogP contribution in [0.15, 0.2) is 18.2 Å². The molecule has 6 heteroatoms. The second-order valence-corrected chi connectivity index (χ2v) is 7.46. The van der Waals surface area contributed by atoms with E-state index in [0.717, 1.165) is 36.2 Å². The number of nitrogens with zero attached hydrogens (tertiary/aromatic N) is 2. The topological polar surface area (TPSA) is 64.7 Å². The summed E-state index contributed by atoms with van der Waals surface area (Å²) in [6.07, 6.45) is 2.60. The lowest BCUT2D eigenvalue weighted by Gasteiger charge is -2.33. The van der Waals surface area contributed by atoms with Crippen molar-refractivity contribution < 1.29 is 9.59 Å². The van der Waals surface area contributed by atoms with Gasteiger partial charge in [0.1, 0.15) is 0 Å². The Morgan fingerprint density at radius 2 is 1.68 bits per heavy atom. The summed E-state index contributed by atoms with van der Waals surface area (Å²) in [6, 6.07) is 5.79. The minimum absolute atomic E-state index is 0.0495. The predicted molar refractivity (Wildman–Crippen MR) is 118 cm³/mol. The number of nitrogens with one attached hydrogen (secondary N) is 2. The lowest BCUT2D eigenvalue weighted by molar-refractivity contribution is -0.138. The summed E-state index contributed by atoms with van der Waals surface area (Å²) < 4.78 is 0. The third-order valence-electron chi connectivity index (χ3n) is 5.24. The van der Waals surface area contributed by atoms with Gasteiger partial charge in [-0.05, 0) is 56.9 Å². The fourth-order valence-electron chi connectivity index (χ4n) is 3.29. The first-order valence-electron chi connectivity index (χ1n) is 10.4. The van der Waals surface area contributed by atoms with E-state index >= 15 is 0 Å². The first kappa shape index (κ1) is 23.8. The van der Waals surface area contributed by atoms with Crippen LogP contribution in [0.3, 0.4) is 0 Å². The number of rotatable bonds is 10. The number of carbonyl (C=O) groups is 2. The van der Waals surface area contributed by atoms with Crippen LogP contribution in [0.5, 0.6) is 0 Å². The molecule has 0 fully saturated rings. The van der Waals surface area contributed by atoms with Crippen molar-refractivity contribution in [3.8, 4) is 0 Å². The third-order valence-corrected chi connectivity index (χ3v) is 5.24. The molecule has 1 aromatic carbocycles. The van der Waals surface area contributed by atoms with Crippen molar-refractivity contribution in [2.45, 2.75) is 66.5 Å². The largest absolute Gasteiger partial charge is 0.377 e. The fourth-order valence-corrected chi connectivity index (χ4v) is 3.29. The van der Waals surface area contributed by atoms with E-state index < -0.39 is 0 Å². The van der Waals surface area contributed by atoms with Gasteiger partial charge in [0.2, 0.25) is 5.91 Å². The first-order valence-corrected chi connectivity index (χ1v) is 10.4. The Balaban J connectivity index is 3.23. The molecule has 6 nitrogen and oxygen atoms in total. The minimum Gasteiger partial charge on any atom is -0.377 e. The monoisotopic (exact) mass is 390 g/mol. The van der Waals surface area contributed by atoms with Gasteiger partial charge < -0.3 is 20.4 Å². The molecule has 0 aliphatic heterocycles. The van der Waals surface area contributed by atoms with Gasteiger partial charge in [0, 0.05) is 50.5 Å².